The third-order valence-corrected chi connectivity index (χ3v) is 7.96. The van der Waals surface area contributed by atoms with Gasteiger partial charge in [-0.15, -0.1) is 0 Å². The molecule has 1 N–H and O–H groups in total. The zero-order valence-corrected chi connectivity index (χ0v) is 21.8. The highest BCUT2D eigenvalue weighted by atomic mass is 32.2. The van der Waals surface area contributed by atoms with E-state index in [0.717, 1.165) is 35.1 Å². The van der Waals surface area contributed by atoms with Gasteiger partial charge in [-0.3, -0.25) is 9.10 Å². The Bertz CT molecular complexity index is 1310. The Labute approximate surface area is 209 Å². The van der Waals surface area contributed by atoms with Gasteiger partial charge in [0.25, 0.3) is 5.91 Å². The molecule has 0 fully saturated rings. The number of amides is 1. The number of carbonyl (C=O) groups is 1. The fourth-order valence-corrected chi connectivity index (χ4v) is 5.88. The van der Waals surface area contributed by atoms with Crippen LogP contribution in [0.15, 0.2) is 60.7 Å². The summed E-state index contributed by atoms with van der Waals surface area (Å²) in [5.41, 5.74) is 7.83. The van der Waals surface area contributed by atoms with E-state index in [1.54, 1.807) is 12.1 Å². The van der Waals surface area contributed by atoms with E-state index in [1.807, 2.05) is 51.1 Å². The number of rotatable bonds is 7. The molecule has 4 rings (SSSR count). The van der Waals surface area contributed by atoms with Gasteiger partial charge in [0.05, 0.1) is 24.5 Å². The third kappa shape index (κ3) is 5.76. The predicted octanol–water partition coefficient (Wildman–Crippen LogP) is 5.64. The molecule has 3 aromatic carbocycles. The highest BCUT2D eigenvalue weighted by Crippen LogP contribution is 2.29. The van der Waals surface area contributed by atoms with E-state index in [-0.39, 0.29) is 18.5 Å². The molecule has 5 nitrogen and oxygen atoms in total. The van der Waals surface area contributed by atoms with E-state index in [2.05, 4.69) is 23.5 Å². The molecule has 35 heavy (non-hydrogen) atoms. The molecule has 1 atom stereocenters. The number of nitrogens with zero attached hydrogens (tertiary/aromatic N) is 1. The predicted molar refractivity (Wildman–Crippen MR) is 142 cm³/mol. The Morgan fingerprint density at radius 1 is 0.943 bits per heavy atom. The van der Waals surface area contributed by atoms with Crippen molar-refractivity contribution in [1.82, 2.24) is 5.32 Å². The van der Waals surface area contributed by atoms with Crippen molar-refractivity contribution in [1.29, 1.82) is 0 Å². The van der Waals surface area contributed by atoms with Gasteiger partial charge >= 0.3 is 0 Å². The standard InChI is InChI=1S/C29H34N2O3S/c1-20-8-7-9-21(2)28(20)31(35(4,33)34)19-23-12-14-25(15-13-23)29(32)30-22(3)26-17-16-24-10-5-6-11-27(24)18-26/h7-9,12-18,22H,5-6,10-11,19H2,1-4H3,(H,30,32). The van der Waals surface area contributed by atoms with E-state index < -0.39 is 10.0 Å². The molecule has 184 valence electrons. The zero-order valence-electron chi connectivity index (χ0n) is 21.0. The zero-order chi connectivity index (χ0) is 25.2. The molecule has 1 unspecified atom stereocenters. The molecule has 0 radical (unpaired) electrons. The van der Waals surface area contributed by atoms with Crippen molar-refractivity contribution < 1.29 is 13.2 Å². The van der Waals surface area contributed by atoms with Gasteiger partial charge in [0, 0.05) is 5.56 Å². The lowest BCUT2D eigenvalue weighted by Crippen LogP contribution is -2.30. The first kappa shape index (κ1) is 25.0. The molecule has 0 saturated heterocycles. The van der Waals surface area contributed by atoms with Gasteiger partial charge in [0.15, 0.2) is 0 Å². The second-order valence-corrected chi connectivity index (χ2v) is 11.5. The van der Waals surface area contributed by atoms with Crippen LogP contribution in [0.2, 0.25) is 0 Å². The molecular weight excluding hydrogens is 456 g/mol. The Balaban J connectivity index is 1.47. The summed E-state index contributed by atoms with van der Waals surface area (Å²) in [6.07, 6.45) is 5.95. The highest BCUT2D eigenvalue weighted by Gasteiger charge is 2.22. The quantitative estimate of drug-likeness (QED) is 0.466. The number of hydrogen-bond donors (Lipinski definition) is 1. The van der Waals surface area contributed by atoms with Crippen LogP contribution in [0, 0.1) is 13.8 Å². The van der Waals surface area contributed by atoms with Gasteiger partial charge in [-0.2, -0.15) is 0 Å². The smallest absolute Gasteiger partial charge is 0.251 e. The summed E-state index contributed by atoms with van der Waals surface area (Å²) in [6, 6.07) is 19.4. The number of benzene rings is 3. The number of aryl methyl sites for hydroxylation is 4. The summed E-state index contributed by atoms with van der Waals surface area (Å²) >= 11 is 0. The highest BCUT2D eigenvalue weighted by molar-refractivity contribution is 7.92. The first-order valence-corrected chi connectivity index (χ1v) is 14.0. The Kier molecular flexibility index (Phi) is 7.31. The van der Waals surface area contributed by atoms with Crippen LogP contribution in [0.4, 0.5) is 5.69 Å². The topological polar surface area (TPSA) is 66.5 Å². The third-order valence-electron chi connectivity index (χ3n) is 6.85. The van der Waals surface area contributed by atoms with Gasteiger partial charge in [0.1, 0.15) is 0 Å². The van der Waals surface area contributed by atoms with Gasteiger partial charge in [-0.05, 0) is 92.0 Å². The Morgan fingerprint density at radius 3 is 2.20 bits per heavy atom. The summed E-state index contributed by atoms with van der Waals surface area (Å²) in [5.74, 6) is -0.142. The summed E-state index contributed by atoms with van der Waals surface area (Å²) in [4.78, 5) is 12.9. The lowest BCUT2D eigenvalue weighted by Gasteiger charge is -2.26. The van der Waals surface area contributed by atoms with Gasteiger partial charge in [0.2, 0.25) is 10.0 Å². The minimum atomic E-state index is -3.49. The number of hydrogen-bond acceptors (Lipinski definition) is 3. The van der Waals surface area contributed by atoms with Crippen LogP contribution in [0.5, 0.6) is 0 Å². The van der Waals surface area contributed by atoms with Crippen molar-refractivity contribution in [2.45, 2.75) is 59.0 Å². The van der Waals surface area contributed by atoms with E-state index in [0.29, 0.717) is 11.3 Å². The molecule has 0 saturated carbocycles. The Hall–Kier alpha value is -3.12. The fourth-order valence-electron chi connectivity index (χ4n) is 4.87. The molecule has 1 aliphatic carbocycles. The minimum absolute atomic E-state index is 0.0980. The number of anilines is 1. The van der Waals surface area contributed by atoms with Crippen molar-refractivity contribution in [3.05, 3.63) is 99.6 Å². The van der Waals surface area contributed by atoms with Crippen LogP contribution in [0.25, 0.3) is 0 Å². The second kappa shape index (κ2) is 10.2. The second-order valence-electron chi connectivity index (χ2n) is 9.64. The fraction of sp³-hybridized carbons (Fsp3) is 0.345. The van der Waals surface area contributed by atoms with Crippen LogP contribution in [0.3, 0.4) is 0 Å². The van der Waals surface area contributed by atoms with Crippen molar-refractivity contribution in [3.63, 3.8) is 0 Å². The number of sulfonamides is 1. The first-order valence-electron chi connectivity index (χ1n) is 12.2. The molecule has 1 aliphatic rings. The van der Waals surface area contributed by atoms with E-state index in [1.165, 1.54) is 34.5 Å². The largest absolute Gasteiger partial charge is 0.346 e. The van der Waals surface area contributed by atoms with Gasteiger partial charge in [-0.25, -0.2) is 8.42 Å². The average molecular weight is 491 g/mol. The van der Waals surface area contributed by atoms with Crippen LogP contribution < -0.4 is 9.62 Å². The maximum Gasteiger partial charge on any atom is 0.251 e. The molecule has 0 aliphatic heterocycles. The molecule has 0 heterocycles. The molecule has 1 amide bonds. The Morgan fingerprint density at radius 2 is 1.57 bits per heavy atom. The van der Waals surface area contributed by atoms with Crippen molar-refractivity contribution >= 4 is 21.6 Å². The van der Waals surface area contributed by atoms with E-state index in [4.69, 9.17) is 0 Å². The van der Waals surface area contributed by atoms with Crippen molar-refractivity contribution in [2.24, 2.45) is 0 Å². The lowest BCUT2D eigenvalue weighted by atomic mass is 9.89. The summed E-state index contributed by atoms with van der Waals surface area (Å²) in [5, 5.41) is 3.10. The molecule has 6 heteroatoms. The van der Waals surface area contributed by atoms with Crippen molar-refractivity contribution in [3.8, 4) is 0 Å². The number of para-hydroxylation sites is 1. The first-order chi connectivity index (χ1) is 16.6. The van der Waals surface area contributed by atoms with E-state index >= 15 is 0 Å². The van der Waals surface area contributed by atoms with Crippen LogP contribution in [-0.2, 0) is 29.4 Å². The summed E-state index contributed by atoms with van der Waals surface area (Å²) < 4.78 is 26.7. The average Bonchev–Trinajstić information content (AvgIpc) is 2.82. The maximum absolute atomic E-state index is 12.9. The number of nitrogens with one attached hydrogen (secondary N) is 1. The van der Waals surface area contributed by atoms with Crippen LogP contribution in [-0.4, -0.2) is 20.6 Å². The SMILES string of the molecule is Cc1cccc(C)c1N(Cc1ccc(C(=O)NC(C)c2ccc3c(c2)CCCC3)cc1)S(C)(=O)=O. The molecule has 0 bridgehead atoms. The lowest BCUT2D eigenvalue weighted by molar-refractivity contribution is 0.0940. The van der Waals surface area contributed by atoms with E-state index in [9.17, 15) is 13.2 Å². The van der Waals surface area contributed by atoms with Gasteiger partial charge < -0.3 is 5.32 Å². The minimum Gasteiger partial charge on any atom is -0.346 e. The monoisotopic (exact) mass is 490 g/mol. The molecule has 0 spiro atoms. The van der Waals surface area contributed by atoms with Crippen molar-refractivity contribution in [2.75, 3.05) is 10.6 Å². The van der Waals surface area contributed by atoms with Crippen LogP contribution >= 0.6 is 0 Å². The summed E-state index contributed by atoms with van der Waals surface area (Å²) in [7, 11) is -3.49. The van der Waals surface area contributed by atoms with Gasteiger partial charge in [-0.1, -0.05) is 48.5 Å². The van der Waals surface area contributed by atoms with Crippen LogP contribution in [0.1, 0.15) is 69.5 Å². The maximum atomic E-state index is 12.9. The normalized spacial score (nSPS) is 14.2. The number of fused-ring (bicyclic) bond motifs is 1. The molecule has 3 aromatic rings. The summed E-state index contributed by atoms with van der Waals surface area (Å²) in [6.45, 7) is 6.04. The number of carbonyl (C=O) groups excluding carboxylic acids is 1. The molecular formula is C29H34N2O3S. The molecule has 0 aromatic heterocycles.